The molecule has 1 N–H and O–H groups in total. The van der Waals surface area contributed by atoms with Crippen molar-refractivity contribution in [3.8, 4) is 0 Å². The largest absolute Gasteiger partial charge is 0.305 e. The highest BCUT2D eigenvalue weighted by atomic mass is 15.4. The number of para-hydroxylation sites is 1. The van der Waals surface area contributed by atoms with Crippen LogP contribution < -0.4 is 5.32 Å². The van der Waals surface area contributed by atoms with Gasteiger partial charge in [0.05, 0.1) is 29.0 Å². The van der Waals surface area contributed by atoms with Gasteiger partial charge in [-0.25, -0.2) is 0 Å². The topological polar surface area (TPSA) is 68.5 Å². The molecule has 6 nitrogen and oxygen atoms in total. The number of nitrogens with one attached hydrogen (secondary N) is 1. The van der Waals surface area contributed by atoms with E-state index >= 15 is 0 Å². The van der Waals surface area contributed by atoms with Crippen molar-refractivity contribution in [1.29, 1.82) is 0 Å². The third kappa shape index (κ3) is 2.62. The molecular weight excluding hydrogens is 264 g/mol. The molecule has 2 aromatic heterocycles. The summed E-state index contributed by atoms with van der Waals surface area (Å²) in [7, 11) is 1.90. The number of rotatable bonds is 5. The van der Waals surface area contributed by atoms with E-state index in [1.807, 2.05) is 19.2 Å². The highest BCUT2D eigenvalue weighted by Crippen LogP contribution is 2.26. The number of benzene rings is 1. The Bertz CT molecular complexity index is 730. The molecule has 1 unspecified atom stereocenters. The van der Waals surface area contributed by atoms with Crippen LogP contribution >= 0.6 is 0 Å². The molecule has 0 aliphatic rings. The first-order valence-corrected chi connectivity index (χ1v) is 7.09. The molecule has 0 radical (unpaired) electrons. The molecule has 1 aromatic carbocycles. The first-order chi connectivity index (χ1) is 10.3. The van der Waals surface area contributed by atoms with Crippen molar-refractivity contribution in [2.45, 2.75) is 19.4 Å². The Hall–Kier alpha value is -2.34. The predicted octanol–water partition coefficient (Wildman–Crippen LogP) is 1.85. The van der Waals surface area contributed by atoms with Crippen molar-refractivity contribution in [2.24, 2.45) is 7.05 Å². The van der Waals surface area contributed by atoms with Gasteiger partial charge in [0.15, 0.2) is 0 Å². The van der Waals surface area contributed by atoms with Crippen molar-refractivity contribution in [3.05, 3.63) is 48.0 Å². The summed E-state index contributed by atoms with van der Waals surface area (Å²) in [6, 6.07) is 6.07. The molecule has 0 saturated heterocycles. The molecule has 0 amide bonds. The van der Waals surface area contributed by atoms with E-state index in [0.717, 1.165) is 35.3 Å². The molecule has 0 fully saturated rings. The average Bonchev–Trinajstić information content (AvgIpc) is 2.94. The van der Waals surface area contributed by atoms with Crippen LogP contribution in [0.2, 0.25) is 0 Å². The third-order valence-corrected chi connectivity index (χ3v) is 3.48. The molecule has 2 heterocycles. The molecule has 1 atom stereocenters. The zero-order chi connectivity index (χ0) is 14.7. The lowest BCUT2D eigenvalue weighted by Crippen LogP contribution is -2.25. The number of nitrogens with zero attached hydrogens (tertiary/aromatic N) is 5. The van der Waals surface area contributed by atoms with Crippen LogP contribution in [0.3, 0.4) is 0 Å². The van der Waals surface area contributed by atoms with Crippen LogP contribution in [0.25, 0.3) is 11.0 Å². The van der Waals surface area contributed by atoms with Gasteiger partial charge in [0.1, 0.15) is 0 Å². The Labute approximate surface area is 123 Å². The zero-order valence-electron chi connectivity index (χ0n) is 12.2. The standard InChI is InChI=1S/C15H18N6/c1-3-7-17-15(13-10-19-20-21(13)2)11-5-4-6-12-14(11)18-9-8-16-12/h4-6,8-10,15,17H,3,7H2,1-2H3. The van der Waals surface area contributed by atoms with Gasteiger partial charge in [0, 0.05) is 25.0 Å². The van der Waals surface area contributed by atoms with Crippen molar-refractivity contribution < 1.29 is 0 Å². The summed E-state index contributed by atoms with van der Waals surface area (Å²) in [5.74, 6) is 0. The quantitative estimate of drug-likeness (QED) is 0.773. The van der Waals surface area contributed by atoms with E-state index < -0.39 is 0 Å². The number of hydrogen-bond donors (Lipinski definition) is 1. The van der Waals surface area contributed by atoms with Gasteiger partial charge in [-0.1, -0.05) is 24.3 Å². The Balaban J connectivity index is 2.12. The van der Waals surface area contributed by atoms with Crippen molar-refractivity contribution in [2.75, 3.05) is 6.54 Å². The highest BCUT2D eigenvalue weighted by molar-refractivity contribution is 5.78. The molecular formula is C15H18N6. The number of aromatic nitrogens is 5. The first-order valence-electron chi connectivity index (χ1n) is 7.09. The van der Waals surface area contributed by atoms with Gasteiger partial charge in [-0.2, -0.15) is 0 Å². The monoisotopic (exact) mass is 282 g/mol. The van der Waals surface area contributed by atoms with Gasteiger partial charge in [0.25, 0.3) is 0 Å². The van der Waals surface area contributed by atoms with Gasteiger partial charge in [-0.15, -0.1) is 5.10 Å². The molecule has 0 aliphatic carbocycles. The van der Waals surface area contributed by atoms with Crippen molar-refractivity contribution in [3.63, 3.8) is 0 Å². The van der Waals surface area contributed by atoms with Gasteiger partial charge in [0.2, 0.25) is 0 Å². The van der Waals surface area contributed by atoms with Crippen LogP contribution in [-0.2, 0) is 7.05 Å². The SMILES string of the molecule is CCCNC(c1cccc2nccnc12)c1cnnn1C. The summed E-state index contributed by atoms with van der Waals surface area (Å²) >= 11 is 0. The summed E-state index contributed by atoms with van der Waals surface area (Å²) in [5.41, 5.74) is 3.92. The minimum absolute atomic E-state index is 0.00495. The maximum absolute atomic E-state index is 4.50. The maximum Gasteiger partial charge on any atom is 0.0938 e. The summed E-state index contributed by atoms with van der Waals surface area (Å²) in [5, 5.41) is 11.6. The van der Waals surface area contributed by atoms with Crippen LogP contribution in [0.4, 0.5) is 0 Å². The first kappa shape index (κ1) is 13.6. The molecule has 3 aromatic rings. The van der Waals surface area contributed by atoms with E-state index in [-0.39, 0.29) is 6.04 Å². The summed E-state index contributed by atoms with van der Waals surface area (Å²) in [4.78, 5) is 8.88. The Morgan fingerprint density at radius 2 is 2.10 bits per heavy atom. The predicted molar refractivity (Wildman–Crippen MR) is 80.7 cm³/mol. The van der Waals surface area contributed by atoms with E-state index in [2.05, 4.69) is 38.6 Å². The minimum atomic E-state index is 0.00495. The molecule has 0 saturated carbocycles. The second-order valence-corrected chi connectivity index (χ2v) is 4.94. The highest BCUT2D eigenvalue weighted by Gasteiger charge is 2.20. The minimum Gasteiger partial charge on any atom is -0.305 e. The van der Waals surface area contributed by atoms with Gasteiger partial charge >= 0.3 is 0 Å². The van der Waals surface area contributed by atoms with Gasteiger partial charge < -0.3 is 5.32 Å². The molecule has 108 valence electrons. The van der Waals surface area contributed by atoms with Crippen LogP contribution in [0, 0.1) is 0 Å². The normalized spacial score (nSPS) is 12.7. The van der Waals surface area contributed by atoms with Crippen LogP contribution in [-0.4, -0.2) is 31.5 Å². The second kappa shape index (κ2) is 5.97. The molecule has 3 rings (SSSR count). The summed E-state index contributed by atoms with van der Waals surface area (Å²) in [6.07, 6.45) is 6.29. The fourth-order valence-electron chi connectivity index (χ4n) is 2.47. The summed E-state index contributed by atoms with van der Waals surface area (Å²) in [6.45, 7) is 3.06. The lowest BCUT2D eigenvalue weighted by atomic mass is 10.0. The van der Waals surface area contributed by atoms with Crippen LogP contribution in [0.5, 0.6) is 0 Å². The van der Waals surface area contributed by atoms with Crippen molar-refractivity contribution >= 4 is 11.0 Å². The Kier molecular flexibility index (Phi) is 3.87. The van der Waals surface area contributed by atoms with E-state index in [9.17, 15) is 0 Å². The number of hydrogen-bond acceptors (Lipinski definition) is 5. The van der Waals surface area contributed by atoms with Gasteiger partial charge in [-0.05, 0) is 19.0 Å². The number of fused-ring (bicyclic) bond motifs is 1. The maximum atomic E-state index is 4.50. The zero-order valence-corrected chi connectivity index (χ0v) is 12.2. The van der Waals surface area contributed by atoms with E-state index in [1.54, 1.807) is 23.3 Å². The molecule has 6 heteroatoms. The Morgan fingerprint density at radius 1 is 1.24 bits per heavy atom. The smallest absolute Gasteiger partial charge is 0.0938 e. The molecule has 0 aliphatic heterocycles. The fraction of sp³-hybridized carbons (Fsp3) is 0.333. The lowest BCUT2D eigenvalue weighted by molar-refractivity contribution is 0.552. The Morgan fingerprint density at radius 3 is 2.86 bits per heavy atom. The van der Waals surface area contributed by atoms with Gasteiger partial charge in [-0.3, -0.25) is 14.6 Å². The third-order valence-electron chi connectivity index (χ3n) is 3.48. The van der Waals surface area contributed by atoms with Crippen LogP contribution in [0.15, 0.2) is 36.8 Å². The van der Waals surface area contributed by atoms with E-state index in [0.29, 0.717) is 0 Å². The molecule has 0 spiro atoms. The number of aryl methyl sites for hydroxylation is 1. The second-order valence-electron chi connectivity index (χ2n) is 4.94. The van der Waals surface area contributed by atoms with E-state index in [1.165, 1.54) is 0 Å². The average molecular weight is 282 g/mol. The van der Waals surface area contributed by atoms with Crippen LogP contribution in [0.1, 0.15) is 30.6 Å². The molecule has 0 bridgehead atoms. The lowest BCUT2D eigenvalue weighted by Gasteiger charge is -2.19. The fourth-order valence-corrected chi connectivity index (χ4v) is 2.47. The summed E-state index contributed by atoms with van der Waals surface area (Å²) < 4.78 is 1.79. The molecule has 21 heavy (non-hydrogen) atoms. The van der Waals surface area contributed by atoms with E-state index in [4.69, 9.17) is 0 Å². The van der Waals surface area contributed by atoms with Crippen molar-refractivity contribution in [1.82, 2.24) is 30.3 Å².